The van der Waals surface area contributed by atoms with Gasteiger partial charge in [0.25, 0.3) is 0 Å². The monoisotopic (exact) mass is 286 g/mol. The van der Waals surface area contributed by atoms with E-state index in [1.165, 1.54) is 6.07 Å². The molecule has 1 aromatic carbocycles. The summed E-state index contributed by atoms with van der Waals surface area (Å²) in [5, 5.41) is 2.70. The summed E-state index contributed by atoms with van der Waals surface area (Å²) in [6.45, 7) is 0. The molecule has 0 unspecified atom stereocenters. The van der Waals surface area contributed by atoms with E-state index in [0.717, 1.165) is 25.0 Å². The summed E-state index contributed by atoms with van der Waals surface area (Å²) >= 11 is 0. The molecule has 0 radical (unpaired) electrons. The van der Waals surface area contributed by atoms with Crippen molar-refractivity contribution in [3.63, 3.8) is 0 Å². The van der Waals surface area contributed by atoms with E-state index in [2.05, 4.69) is 5.32 Å². The molecule has 0 atom stereocenters. The Bertz CT molecular complexity index is 577. The van der Waals surface area contributed by atoms with E-state index in [1.807, 2.05) is 0 Å². The number of nitrogens with one attached hydrogen (secondary N) is 1. The number of hydrogen-bond acceptors (Lipinski definition) is 4. The Morgan fingerprint density at radius 3 is 2.63 bits per heavy atom. The molecule has 0 bridgehead atoms. The van der Waals surface area contributed by atoms with Crippen LogP contribution >= 0.6 is 0 Å². The number of benzene rings is 1. The largest absolute Gasteiger partial charge is 0.399 e. The van der Waals surface area contributed by atoms with Gasteiger partial charge in [-0.2, -0.15) is 0 Å². The molecule has 1 aromatic rings. The van der Waals surface area contributed by atoms with E-state index < -0.39 is 15.7 Å². The van der Waals surface area contributed by atoms with Crippen LogP contribution in [-0.2, 0) is 14.6 Å². The minimum atomic E-state index is -3.70. The fraction of sp³-hybridized carbons (Fsp3) is 0.417. The number of amides is 1. The molecule has 5 nitrogen and oxygen atoms in total. The van der Waals surface area contributed by atoms with Gasteiger partial charge in [-0.3, -0.25) is 4.79 Å². The van der Waals surface area contributed by atoms with Crippen LogP contribution in [0, 0.1) is 5.82 Å². The van der Waals surface area contributed by atoms with Crippen molar-refractivity contribution in [1.29, 1.82) is 0 Å². The van der Waals surface area contributed by atoms with Gasteiger partial charge >= 0.3 is 0 Å². The van der Waals surface area contributed by atoms with Crippen LogP contribution < -0.4 is 11.1 Å². The zero-order valence-corrected chi connectivity index (χ0v) is 11.0. The van der Waals surface area contributed by atoms with Crippen molar-refractivity contribution in [2.45, 2.75) is 30.2 Å². The maximum atomic E-state index is 13.1. The summed E-state index contributed by atoms with van der Waals surface area (Å²) in [4.78, 5) is 11.2. The van der Waals surface area contributed by atoms with Gasteiger partial charge in [-0.25, -0.2) is 12.8 Å². The Hall–Kier alpha value is -1.63. The summed E-state index contributed by atoms with van der Waals surface area (Å²) in [7, 11) is -3.70. The zero-order chi connectivity index (χ0) is 14.0. The van der Waals surface area contributed by atoms with Crippen LogP contribution in [0.5, 0.6) is 0 Å². The number of rotatable bonds is 5. The number of sulfone groups is 1. The highest BCUT2D eigenvalue weighted by Crippen LogP contribution is 2.20. The smallest absolute Gasteiger partial charge is 0.221 e. The molecule has 1 aliphatic carbocycles. The average molecular weight is 286 g/mol. The van der Waals surface area contributed by atoms with Crippen LogP contribution in [0.3, 0.4) is 0 Å². The number of halogens is 1. The van der Waals surface area contributed by atoms with Crippen LogP contribution in [0.25, 0.3) is 0 Å². The molecule has 1 aliphatic rings. The van der Waals surface area contributed by atoms with E-state index >= 15 is 0 Å². The highest BCUT2D eigenvalue weighted by Gasteiger charge is 2.24. The summed E-state index contributed by atoms with van der Waals surface area (Å²) in [6, 6.07) is 3.33. The van der Waals surface area contributed by atoms with Gasteiger partial charge < -0.3 is 11.1 Å². The highest BCUT2D eigenvalue weighted by molar-refractivity contribution is 7.91. The van der Waals surface area contributed by atoms with E-state index in [1.54, 1.807) is 0 Å². The first-order valence-corrected chi connectivity index (χ1v) is 7.60. The molecule has 0 heterocycles. The Morgan fingerprint density at radius 2 is 2.05 bits per heavy atom. The van der Waals surface area contributed by atoms with Crippen molar-refractivity contribution in [1.82, 2.24) is 5.32 Å². The molecule has 0 saturated heterocycles. The summed E-state index contributed by atoms with van der Waals surface area (Å²) in [5.74, 6) is -1.36. The molecule has 104 valence electrons. The lowest BCUT2D eigenvalue weighted by Crippen LogP contribution is -2.27. The lowest BCUT2D eigenvalue weighted by Gasteiger charge is -2.06. The van der Waals surface area contributed by atoms with Crippen molar-refractivity contribution in [3.8, 4) is 0 Å². The Labute approximate surface area is 110 Å². The Morgan fingerprint density at radius 1 is 1.37 bits per heavy atom. The molecular weight excluding hydrogens is 271 g/mol. The first-order valence-electron chi connectivity index (χ1n) is 5.95. The third-order valence-electron chi connectivity index (χ3n) is 2.79. The minimum Gasteiger partial charge on any atom is -0.399 e. The number of carbonyl (C=O) groups excluding carboxylic acids is 1. The number of carbonyl (C=O) groups is 1. The SMILES string of the molecule is Nc1cc(F)cc(S(=O)(=O)CCC(=O)NC2CC2)c1. The molecule has 2 rings (SSSR count). The van der Waals surface area contributed by atoms with Crippen molar-refractivity contribution < 1.29 is 17.6 Å². The van der Waals surface area contributed by atoms with Gasteiger partial charge in [0.1, 0.15) is 5.82 Å². The summed E-state index contributed by atoms with van der Waals surface area (Å²) in [5.41, 5.74) is 5.45. The van der Waals surface area contributed by atoms with Gasteiger partial charge in [-0.1, -0.05) is 0 Å². The molecule has 7 heteroatoms. The summed E-state index contributed by atoms with van der Waals surface area (Å²) < 4.78 is 37.0. The maximum Gasteiger partial charge on any atom is 0.221 e. The highest BCUT2D eigenvalue weighted by atomic mass is 32.2. The Balaban J connectivity index is 2.02. The standard InChI is InChI=1S/C12H15FN2O3S/c13-8-5-9(14)7-11(6-8)19(17,18)4-3-12(16)15-10-1-2-10/h5-7,10H,1-4,14H2,(H,15,16). The molecule has 1 amide bonds. The van der Waals surface area contributed by atoms with E-state index in [-0.39, 0.29) is 34.7 Å². The van der Waals surface area contributed by atoms with Crippen molar-refractivity contribution in [2.24, 2.45) is 0 Å². The topological polar surface area (TPSA) is 89.3 Å². The molecule has 19 heavy (non-hydrogen) atoms. The Kier molecular flexibility index (Phi) is 3.75. The second-order valence-corrected chi connectivity index (χ2v) is 6.74. The number of nitrogens with two attached hydrogens (primary N) is 1. The van der Waals surface area contributed by atoms with Gasteiger partial charge in [-0.15, -0.1) is 0 Å². The van der Waals surface area contributed by atoms with Crippen molar-refractivity contribution >= 4 is 21.4 Å². The maximum absolute atomic E-state index is 13.1. The van der Waals surface area contributed by atoms with E-state index in [4.69, 9.17) is 5.73 Å². The minimum absolute atomic E-state index is 0.0426. The molecule has 3 N–H and O–H groups in total. The van der Waals surface area contributed by atoms with Gasteiger partial charge in [-0.05, 0) is 31.0 Å². The fourth-order valence-corrected chi connectivity index (χ4v) is 2.93. The summed E-state index contributed by atoms with van der Waals surface area (Å²) in [6.07, 6.45) is 1.76. The van der Waals surface area contributed by atoms with Gasteiger partial charge in [0.2, 0.25) is 5.91 Å². The van der Waals surface area contributed by atoms with E-state index in [0.29, 0.717) is 0 Å². The number of anilines is 1. The third kappa shape index (κ3) is 3.92. The lowest BCUT2D eigenvalue weighted by atomic mass is 10.3. The van der Waals surface area contributed by atoms with Crippen LogP contribution in [0.1, 0.15) is 19.3 Å². The van der Waals surface area contributed by atoms with Gasteiger partial charge in [0.05, 0.1) is 10.6 Å². The van der Waals surface area contributed by atoms with Gasteiger partial charge in [0.15, 0.2) is 9.84 Å². The predicted molar refractivity (Wildman–Crippen MR) is 68.6 cm³/mol. The van der Waals surface area contributed by atoms with Crippen LogP contribution in [0.4, 0.5) is 10.1 Å². The van der Waals surface area contributed by atoms with Crippen molar-refractivity contribution in [3.05, 3.63) is 24.0 Å². The van der Waals surface area contributed by atoms with Crippen molar-refractivity contribution in [2.75, 3.05) is 11.5 Å². The predicted octanol–water partition coefficient (Wildman–Crippen LogP) is 0.850. The quantitative estimate of drug-likeness (QED) is 0.785. The number of nitrogen functional groups attached to an aromatic ring is 1. The normalized spacial score (nSPS) is 15.2. The first kappa shape index (κ1) is 13.8. The van der Waals surface area contributed by atoms with Crippen LogP contribution in [-0.4, -0.2) is 26.1 Å². The first-order chi connectivity index (χ1) is 8.87. The number of hydrogen-bond donors (Lipinski definition) is 2. The zero-order valence-electron chi connectivity index (χ0n) is 10.2. The average Bonchev–Trinajstić information content (AvgIpc) is 3.09. The van der Waals surface area contributed by atoms with E-state index in [9.17, 15) is 17.6 Å². The molecule has 1 saturated carbocycles. The second kappa shape index (κ2) is 5.16. The van der Waals surface area contributed by atoms with Gasteiger partial charge in [0, 0.05) is 18.2 Å². The molecular formula is C12H15FN2O3S. The van der Waals surface area contributed by atoms with Crippen LogP contribution in [0.2, 0.25) is 0 Å². The molecule has 1 fully saturated rings. The second-order valence-electron chi connectivity index (χ2n) is 4.63. The lowest BCUT2D eigenvalue weighted by molar-refractivity contribution is -0.120. The third-order valence-corrected chi connectivity index (χ3v) is 4.49. The molecule has 0 aromatic heterocycles. The van der Waals surface area contributed by atoms with Crippen LogP contribution in [0.15, 0.2) is 23.1 Å². The molecule has 0 aliphatic heterocycles. The molecule has 0 spiro atoms. The fourth-order valence-electron chi connectivity index (χ4n) is 1.64.